The molecule has 1 heterocycles. The summed E-state index contributed by atoms with van der Waals surface area (Å²) in [5.74, 6) is -0.254. The summed E-state index contributed by atoms with van der Waals surface area (Å²) < 4.78 is 5.75. The van der Waals surface area contributed by atoms with Gasteiger partial charge in [0.25, 0.3) is 0 Å². The Bertz CT molecular complexity index is 554. The van der Waals surface area contributed by atoms with Crippen LogP contribution < -0.4 is 0 Å². The molecule has 17 heavy (non-hydrogen) atoms. The number of halogens is 1. The molecule has 0 N–H and O–H groups in total. The van der Waals surface area contributed by atoms with Crippen molar-refractivity contribution in [3.8, 4) is 0 Å². The molecule has 0 bridgehead atoms. The molecule has 1 aromatic heterocycles. The van der Waals surface area contributed by atoms with Gasteiger partial charge in [-0.05, 0) is 35.0 Å². The highest BCUT2D eigenvalue weighted by atomic mass is 79.9. The summed E-state index contributed by atoms with van der Waals surface area (Å²) >= 11 is 3.43. The first kappa shape index (κ1) is 12.0. The zero-order chi connectivity index (χ0) is 12.3. The third-order valence-electron chi connectivity index (χ3n) is 2.37. The average Bonchev–Trinajstić information content (AvgIpc) is 2.30. The second kappa shape index (κ2) is 5.27. The molecule has 0 aliphatic rings. The highest BCUT2D eigenvalue weighted by Crippen LogP contribution is 2.21. The smallest absolute Gasteiger partial charge is 0.311 e. The van der Waals surface area contributed by atoms with E-state index in [9.17, 15) is 4.79 Å². The van der Waals surface area contributed by atoms with Gasteiger partial charge >= 0.3 is 5.97 Å². The molecule has 0 atom stereocenters. The number of aromatic nitrogens is 1. The van der Waals surface area contributed by atoms with Gasteiger partial charge in [-0.15, -0.1) is 0 Å². The van der Waals surface area contributed by atoms with Crippen LogP contribution in [0.15, 0.2) is 34.8 Å². The fourth-order valence-corrected chi connectivity index (χ4v) is 2.08. The summed E-state index contributed by atoms with van der Waals surface area (Å²) in [6, 6.07) is 9.77. The van der Waals surface area contributed by atoms with Gasteiger partial charge in [-0.3, -0.25) is 9.78 Å². The quantitative estimate of drug-likeness (QED) is 0.817. The van der Waals surface area contributed by atoms with E-state index >= 15 is 0 Å². The van der Waals surface area contributed by atoms with Crippen molar-refractivity contribution in [1.82, 2.24) is 4.98 Å². The number of benzene rings is 1. The first-order valence-corrected chi connectivity index (χ1v) is 6.20. The molecule has 0 aliphatic heterocycles. The van der Waals surface area contributed by atoms with Crippen LogP contribution in [0.2, 0.25) is 0 Å². The zero-order valence-corrected chi connectivity index (χ0v) is 11.0. The Morgan fingerprint density at radius 1 is 1.41 bits per heavy atom. The predicted octanol–water partition coefficient (Wildman–Crippen LogP) is 3.10. The Hall–Kier alpha value is -1.42. The van der Waals surface area contributed by atoms with E-state index < -0.39 is 0 Å². The molecule has 3 nitrogen and oxygen atoms in total. The average molecular weight is 294 g/mol. The first-order valence-electron chi connectivity index (χ1n) is 5.40. The minimum atomic E-state index is -0.254. The van der Waals surface area contributed by atoms with Gasteiger partial charge in [-0.2, -0.15) is 0 Å². The van der Waals surface area contributed by atoms with Gasteiger partial charge in [0.05, 0.1) is 24.2 Å². The number of nitrogens with zero attached hydrogens (tertiary/aromatic N) is 1. The number of hydrogen-bond donors (Lipinski definition) is 0. The highest BCUT2D eigenvalue weighted by Gasteiger charge is 2.10. The lowest BCUT2D eigenvalue weighted by Gasteiger charge is -2.05. The minimum absolute atomic E-state index is 0.194. The standard InChI is InChI=1S/C13H12BrNO2/c1-2-17-13(16)8-12-10(14)7-9-5-3-4-6-11(9)15-12/h3-7H,2,8H2,1H3. The SMILES string of the molecule is CCOC(=O)Cc1nc2ccccc2cc1Br. The lowest BCUT2D eigenvalue weighted by Crippen LogP contribution is -2.09. The van der Waals surface area contributed by atoms with Crippen molar-refractivity contribution in [2.45, 2.75) is 13.3 Å². The summed E-state index contributed by atoms with van der Waals surface area (Å²) in [6.45, 7) is 2.19. The van der Waals surface area contributed by atoms with Gasteiger partial charge in [-0.25, -0.2) is 0 Å². The van der Waals surface area contributed by atoms with Crippen LogP contribution in [0.25, 0.3) is 10.9 Å². The Morgan fingerprint density at radius 3 is 2.94 bits per heavy atom. The van der Waals surface area contributed by atoms with Crippen molar-refractivity contribution in [2.75, 3.05) is 6.61 Å². The van der Waals surface area contributed by atoms with Gasteiger partial charge in [-0.1, -0.05) is 18.2 Å². The molecule has 0 amide bonds. The van der Waals surface area contributed by atoms with E-state index in [2.05, 4.69) is 20.9 Å². The Morgan fingerprint density at radius 2 is 2.18 bits per heavy atom. The molecule has 0 fully saturated rings. The molecule has 0 radical (unpaired) electrons. The molecule has 0 spiro atoms. The molecule has 2 aromatic rings. The van der Waals surface area contributed by atoms with E-state index in [4.69, 9.17) is 4.74 Å². The maximum Gasteiger partial charge on any atom is 0.311 e. The Labute approximate surface area is 108 Å². The maximum absolute atomic E-state index is 11.4. The highest BCUT2D eigenvalue weighted by molar-refractivity contribution is 9.10. The van der Waals surface area contributed by atoms with Crippen LogP contribution in [0.3, 0.4) is 0 Å². The normalized spacial score (nSPS) is 10.5. The van der Waals surface area contributed by atoms with E-state index in [0.29, 0.717) is 12.3 Å². The Balaban J connectivity index is 2.34. The monoisotopic (exact) mass is 293 g/mol. The summed E-state index contributed by atoms with van der Waals surface area (Å²) in [7, 11) is 0. The molecule has 0 unspecified atom stereocenters. The van der Waals surface area contributed by atoms with E-state index in [1.807, 2.05) is 30.3 Å². The molecule has 2 rings (SSSR count). The van der Waals surface area contributed by atoms with E-state index in [0.717, 1.165) is 15.4 Å². The third-order valence-corrected chi connectivity index (χ3v) is 3.05. The molecule has 88 valence electrons. The summed E-state index contributed by atoms with van der Waals surface area (Å²) in [5, 5.41) is 1.05. The molecule has 0 saturated heterocycles. The molecule has 0 aliphatic carbocycles. The number of carbonyl (C=O) groups excluding carboxylic acids is 1. The van der Waals surface area contributed by atoms with Crippen LogP contribution in [0.5, 0.6) is 0 Å². The second-order valence-electron chi connectivity index (χ2n) is 3.59. The van der Waals surface area contributed by atoms with Gasteiger partial charge in [0.2, 0.25) is 0 Å². The number of fused-ring (bicyclic) bond motifs is 1. The van der Waals surface area contributed by atoms with Crippen LogP contribution in [0.4, 0.5) is 0 Å². The fourth-order valence-electron chi connectivity index (χ4n) is 1.60. The van der Waals surface area contributed by atoms with Gasteiger partial charge in [0, 0.05) is 9.86 Å². The van der Waals surface area contributed by atoms with Crippen molar-refractivity contribution in [2.24, 2.45) is 0 Å². The number of para-hydroxylation sites is 1. The number of esters is 1. The van der Waals surface area contributed by atoms with E-state index in [1.54, 1.807) is 6.92 Å². The predicted molar refractivity (Wildman–Crippen MR) is 69.8 cm³/mol. The number of pyridine rings is 1. The lowest BCUT2D eigenvalue weighted by atomic mass is 10.2. The van der Waals surface area contributed by atoms with Gasteiger partial charge in [0.15, 0.2) is 0 Å². The zero-order valence-electron chi connectivity index (χ0n) is 9.44. The number of carbonyl (C=O) groups is 1. The third kappa shape index (κ3) is 2.82. The molecule has 1 aromatic carbocycles. The number of ether oxygens (including phenoxy) is 1. The van der Waals surface area contributed by atoms with Gasteiger partial charge in [0.1, 0.15) is 0 Å². The number of rotatable bonds is 3. The fraction of sp³-hybridized carbons (Fsp3) is 0.231. The van der Waals surface area contributed by atoms with Crippen LogP contribution in [0.1, 0.15) is 12.6 Å². The van der Waals surface area contributed by atoms with Crippen molar-refractivity contribution in [3.05, 3.63) is 40.5 Å². The van der Waals surface area contributed by atoms with Crippen molar-refractivity contribution >= 4 is 32.8 Å². The van der Waals surface area contributed by atoms with Crippen molar-refractivity contribution in [1.29, 1.82) is 0 Å². The molecule has 0 saturated carbocycles. The summed E-state index contributed by atoms with van der Waals surface area (Å²) in [5.41, 5.74) is 1.59. The van der Waals surface area contributed by atoms with Crippen LogP contribution in [-0.2, 0) is 16.0 Å². The lowest BCUT2D eigenvalue weighted by molar-refractivity contribution is -0.142. The largest absolute Gasteiger partial charge is 0.466 e. The van der Waals surface area contributed by atoms with Gasteiger partial charge < -0.3 is 4.74 Å². The van der Waals surface area contributed by atoms with Crippen molar-refractivity contribution in [3.63, 3.8) is 0 Å². The maximum atomic E-state index is 11.4. The van der Waals surface area contributed by atoms with E-state index in [1.165, 1.54) is 0 Å². The second-order valence-corrected chi connectivity index (χ2v) is 4.45. The number of hydrogen-bond acceptors (Lipinski definition) is 3. The van der Waals surface area contributed by atoms with Crippen LogP contribution in [-0.4, -0.2) is 17.6 Å². The van der Waals surface area contributed by atoms with Crippen LogP contribution in [0, 0.1) is 0 Å². The molecular weight excluding hydrogens is 282 g/mol. The van der Waals surface area contributed by atoms with Crippen LogP contribution >= 0.6 is 15.9 Å². The summed E-state index contributed by atoms with van der Waals surface area (Å²) in [4.78, 5) is 15.9. The first-order chi connectivity index (χ1) is 8.20. The topological polar surface area (TPSA) is 39.2 Å². The van der Waals surface area contributed by atoms with Crippen molar-refractivity contribution < 1.29 is 9.53 Å². The minimum Gasteiger partial charge on any atom is -0.466 e. The summed E-state index contributed by atoms with van der Waals surface area (Å²) in [6.07, 6.45) is 0.194. The van der Waals surface area contributed by atoms with E-state index in [-0.39, 0.29) is 12.4 Å². The molecule has 4 heteroatoms. The Kier molecular flexibility index (Phi) is 3.74. The molecular formula is C13H12BrNO2.